The maximum absolute atomic E-state index is 14.0. The van der Waals surface area contributed by atoms with Crippen LogP contribution in [-0.4, -0.2) is 42.7 Å². The molecule has 0 atom stereocenters. The van der Waals surface area contributed by atoms with E-state index in [0.29, 0.717) is 29.0 Å². The number of carbonyl (C=O) groups excluding carboxylic acids is 1. The molecule has 26 heavy (non-hydrogen) atoms. The van der Waals surface area contributed by atoms with Crippen LogP contribution in [0, 0.1) is 19.7 Å². The van der Waals surface area contributed by atoms with Gasteiger partial charge in [0.05, 0.1) is 11.2 Å². The molecule has 0 bridgehead atoms. The molecule has 1 saturated heterocycles. The minimum atomic E-state index is -3.88. The molecule has 140 valence electrons. The molecule has 1 aromatic heterocycles. The van der Waals surface area contributed by atoms with Crippen LogP contribution in [0.25, 0.3) is 0 Å². The summed E-state index contributed by atoms with van der Waals surface area (Å²) in [5.74, 6) is -0.928. The van der Waals surface area contributed by atoms with Crippen LogP contribution in [0.2, 0.25) is 0 Å². The standard InChI is InChI=1S/C17H20FN3O3S2/c1-11-3-4-14(18)15(9-11)26(23,24)21-7-5-13(6-8-21)20-17(22)16-12(2)19-10-25-16/h3-4,9-10,13H,5-8H2,1-2H3,(H,20,22). The fraction of sp³-hybridized carbons (Fsp3) is 0.412. The lowest BCUT2D eigenvalue weighted by Gasteiger charge is -2.31. The van der Waals surface area contributed by atoms with E-state index in [-0.39, 0.29) is 29.9 Å². The average molecular weight is 397 g/mol. The third-order valence-corrected chi connectivity index (χ3v) is 7.29. The number of nitrogens with one attached hydrogen (secondary N) is 1. The van der Waals surface area contributed by atoms with Crippen molar-refractivity contribution in [1.82, 2.24) is 14.6 Å². The first-order valence-electron chi connectivity index (χ1n) is 8.26. The number of halogens is 1. The van der Waals surface area contributed by atoms with Gasteiger partial charge in [-0.2, -0.15) is 4.31 Å². The van der Waals surface area contributed by atoms with Gasteiger partial charge in [-0.1, -0.05) is 6.07 Å². The van der Waals surface area contributed by atoms with Crippen LogP contribution in [0.15, 0.2) is 28.6 Å². The van der Waals surface area contributed by atoms with Gasteiger partial charge in [-0.15, -0.1) is 11.3 Å². The molecule has 0 aliphatic carbocycles. The van der Waals surface area contributed by atoms with Crippen LogP contribution in [0.3, 0.4) is 0 Å². The number of benzene rings is 1. The molecular formula is C17H20FN3O3S2. The van der Waals surface area contributed by atoms with Crippen molar-refractivity contribution < 1.29 is 17.6 Å². The lowest BCUT2D eigenvalue weighted by Crippen LogP contribution is -2.46. The molecule has 1 N–H and O–H groups in total. The SMILES string of the molecule is Cc1ccc(F)c(S(=O)(=O)N2CCC(NC(=O)c3scnc3C)CC2)c1. The largest absolute Gasteiger partial charge is 0.348 e. The highest BCUT2D eigenvalue weighted by Gasteiger charge is 2.32. The van der Waals surface area contributed by atoms with E-state index in [1.54, 1.807) is 19.4 Å². The van der Waals surface area contributed by atoms with Crippen LogP contribution in [0.1, 0.15) is 33.8 Å². The summed E-state index contributed by atoms with van der Waals surface area (Å²) >= 11 is 1.28. The van der Waals surface area contributed by atoms with Crippen molar-refractivity contribution in [3.8, 4) is 0 Å². The third-order valence-electron chi connectivity index (χ3n) is 4.45. The van der Waals surface area contributed by atoms with E-state index in [0.717, 1.165) is 0 Å². The molecule has 0 saturated carbocycles. The molecule has 0 unspecified atom stereocenters. The normalized spacial score (nSPS) is 16.6. The molecule has 1 amide bonds. The Morgan fingerprint density at radius 1 is 1.31 bits per heavy atom. The number of aromatic nitrogens is 1. The fourth-order valence-corrected chi connectivity index (χ4v) is 5.28. The minimum Gasteiger partial charge on any atom is -0.348 e. The van der Waals surface area contributed by atoms with Gasteiger partial charge in [0.25, 0.3) is 5.91 Å². The van der Waals surface area contributed by atoms with Gasteiger partial charge in [0, 0.05) is 19.1 Å². The number of hydrogen-bond donors (Lipinski definition) is 1. The molecule has 6 nitrogen and oxygen atoms in total. The lowest BCUT2D eigenvalue weighted by molar-refractivity contribution is 0.0927. The zero-order valence-electron chi connectivity index (χ0n) is 14.5. The van der Waals surface area contributed by atoms with Crippen LogP contribution in [-0.2, 0) is 10.0 Å². The molecule has 9 heteroatoms. The van der Waals surface area contributed by atoms with Gasteiger partial charge < -0.3 is 5.32 Å². The number of carbonyl (C=O) groups is 1. The summed E-state index contributed by atoms with van der Waals surface area (Å²) < 4.78 is 40.7. The summed E-state index contributed by atoms with van der Waals surface area (Å²) in [5, 5.41) is 2.93. The maximum Gasteiger partial charge on any atom is 0.263 e. The zero-order chi connectivity index (χ0) is 18.9. The van der Waals surface area contributed by atoms with Crippen molar-refractivity contribution in [3.05, 3.63) is 45.7 Å². The molecule has 1 aliphatic heterocycles. The van der Waals surface area contributed by atoms with Gasteiger partial charge in [-0.05, 0) is 44.4 Å². The lowest BCUT2D eigenvalue weighted by atomic mass is 10.1. The Hall–Kier alpha value is -1.84. The third kappa shape index (κ3) is 3.79. The molecule has 1 fully saturated rings. The van der Waals surface area contributed by atoms with Crippen molar-refractivity contribution in [3.63, 3.8) is 0 Å². The second-order valence-electron chi connectivity index (χ2n) is 6.35. The second kappa shape index (κ2) is 7.42. The number of amides is 1. The molecular weight excluding hydrogens is 377 g/mol. The van der Waals surface area contributed by atoms with Gasteiger partial charge in [0.2, 0.25) is 10.0 Å². The quantitative estimate of drug-likeness (QED) is 0.860. The number of thiazole rings is 1. The first kappa shape index (κ1) is 18.9. The van der Waals surface area contributed by atoms with Crippen LogP contribution in [0.4, 0.5) is 4.39 Å². The second-order valence-corrected chi connectivity index (χ2v) is 9.11. The highest BCUT2D eigenvalue weighted by atomic mass is 32.2. The fourth-order valence-electron chi connectivity index (χ4n) is 2.96. The molecule has 2 heterocycles. The van der Waals surface area contributed by atoms with Crippen LogP contribution in [0.5, 0.6) is 0 Å². The number of nitrogens with zero attached hydrogens (tertiary/aromatic N) is 2. The van der Waals surface area contributed by atoms with Crippen molar-refractivity contribution in [2.75, 3.05) is 13.1 Å². The number of piperidine rings is 1. The summed E-state index contributed by atoms with van der Waals surface area (Å²) in [5.41, 5.74) is 2.99. The smallest absolute Gasteiger partial charge is 0.263 e. The molecule has 2 aromatic rings. The first-order valence-corrected chi connectivity index (χ1v) is 10.6. The number of hydrogen-bond acceptors (Lipinski definition) is 5. The number of sulfonamides is 1. The Morgan fingerprint density at radius 2 is 2.00 bits per heavy atom. The van der Waals surface area contributed by atoms with Gasteiger partial charge >= 0.3 is 0 Å². The molecule has 0 spiro atoms. The Bertz CT molecular complexity index is 919. The molecule has 0 radical (unpaired) electrons. The van der Waals surface area contributed by atoms with E-state index in [4.69, 9.17) is 0 Å². The summed E-state index contributed by atoms with van der Waals surface area (Å²) in [6.07, 6.45) is 0.965. The van der Waals surface area contributed by atoms with Crippen LogP contribution < -0.4 is 5.32 Å². The Labute approximate surface area is 156 Å². The Morgan fingerprint density at radius 3 is 2.62 bits per heavy atom. The van der Waals surface area contributed by atoms with E-state index in [1.807, 2.05) is 0 Å². The van der Waals surface area contributed by atoms with E-state index in [9.17, 15) is 17.6 Å². The molecule has 1 aromatic carbocycles. The molecule has 3 rings (SSSR count). The Kier molecular flexibility index (Phi) is 5.40. The predicted molar refractivity (Wildman–Crippen MR) is 97.2 cm³/mol. The number of aryl methyl sites for hydroxylation is 2. The zero-order valence-corrected chi connectivity index (χ0v) is 16.2. The van der Waals surface area contributed by atoms with Crippen molar-refractivity contribution in [2.24, 2.45) is 0 Å². The molecule has 1 aliphatic rings. The van der Waals surface area contributed by atoms with Crippen molar-refractivity contribution >= 4 is 27.3 Å². The summed E-state index contributed by atoms with van der Waals surface area (Å²) in [6, 6.07) is 3.95. The van der Waals surface area contributed by atoms with E-state index in [2.05, 4.69) is 10.3 Å². The first-order chi connectivity index (χ1) is 12.3. The number of rotatable bonds is 4. The van der Waals surface area contributed by atoms with Gasteiger partial charge in [0.15, 0.2) is 0 Å². The van der Waals surface area contributed by atoms with Crippen molar-refractivity contribution in [1.29, 1.82) is 0 Å². The minimum absolute atomic E-state index is 0.113. The summed E-state index contributed by atoms with van der Waals surface area (Å²) in [6.45, 7) is 3.98. The highest BCUT2D eigenvalue weighted by Crippen LogP contribution is 2.24. The summed E-state index contributed by atoms with van der Waals surface area (Å²) in [7, 11) is -3.88. The summed E-state index contributed by atoms with van der Waals surface area (Å²) in [4.78, 5) is 16.6. The van der Waals surface area contributed by atoms with E-state index >= 15 is 0 Å². The van der Waals surface area contributed by atoms with Crippen molar-refractivity contribution in [2.45, 2.75) is 37.6 Å². The van der Waals surface area contributed by atoms with Gasteiger partial charge in [0.1, 0.15) is 15.6 Å². The van der Waals surface area contributed by atoms with Crippen LogP contribution >= 0.6 is 11.3 Å². The topological polar surface area (TPSA) is 79.4 Å². The maximum atomic E-state index is 14.0. The predicted octanol–water partition coefficient (Wildman–Crippen LogP) is 2.48. The van der Waals surface area contributed by atoms with Gasteiger partial charge in [-0.3, -0.25) is 4.79 Å². The highest BCUT2D eigenvalue weighted by molar-refractivity contribution is 7.89. The average Bonchev–Trinajstić information content (AvgIpc) is 3.03. The van der Waals surface area contributed by atoms with Gasteiger partial charge in [-0.25, -0.2) is 17.8 Å². The van der Waals surface area contributed by atoms with E-state index < -0.39 is 15.8 Å². The monoisotopic (exact) mass is 397 g/mol. The Balaban J connectivity index is 1.65. The van der Waals surface area contributed by atoms with E-state index in [1.165, 1.54) is 33.8 Å².